The average Bonchev–Trinajstić information content (AvgIpc) is 2.61. The summed E-state index contributed by atoms with van der Waals surface area (Å²) in [7, 11) is 1.89. The molecule has 0 aromatic heterocycles. The lowest BCUT2D eigenvalue weighted by Crippen LogP contribution is -2.46. The van der Waals surface area contributed by atoms with Crippen LogP contribution in [0.5, 0.6) is 0 Å². The number of carboxylic acids is 1. The van der Waals surface area contributed by atoms with Crippen LogP contribution >= 0.6 is 0 Å². The number of fused-ring (bicyclic) bond motifs is 2. The molecule has 2 rings (SSSR count). The Morgan fingerprint density at radius 2 is 1.89 bits per heavy atom. The second-order valence-electron chi connectivity index (χ2n) is 5.83. The van der Waals surface area contributed by atoms with E-state index in [0.29, 0.717) is 18.5 Å². The van der Waals surface area contributed by atoms with Crippen molar-refractivity contribution in [2.24, 2.45) is 5.92 Å². The van der Waals surface area contributed by atoms with Gasteiger partial charge in [-0.2, -0.15) is 0 Å². The highest BCUT2D eigenvalue weighted by Gasteiger charge is 2.43. The van der Waals surface area contributed by atoms with Crippen molar-refractivity contribution in [2.75, 3.05) is 13.6 Å². The zero-order chi connectivity index (χ0) is 13.8. The Kier molecular flexibility index (Phi) is 4.80. The molecule has 2 heterocycles. The maximum atomic E-state index is 12.2. The Morgan fingerprint density at radius 1 is 1.26 bits per heavy atom. The minimum atomic E-state index is -0.710. The summed E-state index contributed by atoms with van der Waals surface area (Å²) in [5.74, 6) is -0.189. The molecule has 2 fully saturated rings. The maximum Gasteiger partial charge on any atom is 0.303 e. The third-order valence-corrected chi connectivity index (χ3v) is 4.40. The third kappa shape index (κ3) is 3.47. The molecule has 0 aliphatic carbocycles. The van der Waals surface area contributed by atoms with Crippen molar-refractivity contribution >= 4 is 11.9 Å². The SMILES string of the molecule is CNCCCC(=O)N1C2CCC1CC(CC(=O)O)C2. The third-order valence-electron chi connectivity index (χ3n) is 4.40. The number of piperidine rings is 1. The first-order valence-electron chi connectivity index (χ1n) is 7.29. The van der Waals surface area contributed by atoms with Gasteiger partial charge >= 0.3 is 5.97 Å². The van der Waals surface area contributed by atoms with Crippen LogP contribution in [0.25, 0.3) is 0 Å². The van der Waals surface area contributed by atoms with Gasteiger partial charge in [0.1, 0.15) is 0 Å². The van der Waals surface area contributed by atoms with Gasteiger partial charge in [0.25, 0.3) is 0 Å². The van der Waals surface area contributed by atoms with Crippen LogP contribution in [0.2, 0.25) is 0 Å². The summed E-state index contributed by atoms with van der Waals surface area (Å²) >= 11 is 0. The van der Waals surface area contributed by atoms with Gasteiger partial charge in [-0.25, -0.2) is 0 Å². The molecule has 2 atom stereocenters. The van der Waals surface area contributed by atoms with Crippen LogP contribution in [-0.4, -0.2) is 47.6 Å². The molecule has 2 bridgehead atoms. The highest BCUT2D eigenvalue weighted by molar-refractivity contribution is 5.77. The summed E-state index contributed by atoms with van der Waals surface area (Å²) < 4.78 is 0. The Bertz CT molecular complexity index is 332. The molecule has 5 heteroatoms. The Morgan fingerprint density at radius 3 is 2.42 bits per heavy atom. The largest absolute Gasteiger partial charge is 0.481 e. The number of carbonyl (C=O) groups excluding carboxylic acids is 1. The summed E-state index contributed by atoms with van der Waals surface area (Å²) in [4.78, 5) is 25.1. The molecular formula is C14H24N2O3. The molecule has 0 spiro atoms. The van der Waals surface area contributed by atoms with Crippen LogP contribution in [0.15, 0.2) is 0 Å². The number of nitrogens with zero attached hydrogens (tertiary/aromatic N) is 1. The Balaban J connectivity index is 1.88. The zero-order valence-corrected chi connectivity index (χ0v) is 11.6. The number of hydrogen-bond donors (Lipinski definition) is 2. The number of amides is 1. The molecular weight excluding hydrogens is 244 g/mol. The van der Waals surface area contributed by atoms with Gasteiger partial charge in [-0.05, 0) is 51.6 Å². The second kappa shape index (κ2) is 6.37. The molecule has 2 saturated heterocycles. The van der Waals surface area contributed by atoms with Gasteiger partial charge in [-0.1, -0.05) is 0 Å². The highest BCUT2D eigenvalue weighted by Crippen LogP contribution is 2.40. The van der Waals surface area contributed by atoms with Crippen molar-refractivity contribution in [1.82, 2.24) is 10.2 Å². The predicted molar refractivity (Wildman–Crippen MR) is 71.8 cm³/mol. The van der Waals surface area contributed by atoms with Gasteiger partial charge < -0.3 is 15.3 Å². The molecule has 2 aliphatic rings. The number of carboxylic acid groups (broad SMARTS) is 1. The van der Waals surface area contributed by atoms with Crippen molar-refractivity contribution in [3.8, 4) is 0 Å². The average molecular weight is 268 g/mol. The van der Waals surface area contributed by atoms with E-state index in [4.69, 9.17) is 5.11 Å². The quantitative estimate of drug-likeness (QED) is 0.711. The molecule has 2 unspecified atom stereocenters. The van der Waals surface area contributed by atoms with Crippen LogP contribution in [-0.2, 0) is 9.59 Å². The summed E-state index contributed by atoms with van der Waals surface area (Å²) in [6, 6.07) is 0.593. The monoisotopic (exact) mass is 268 g/mol. The molecule has 2 aliphatic heterocycles. The molecule has 0 saturated carbocycles. The molecule has 108 valence electrons. The zero-order valence-electron chi connectivity index (χ0n) is 11.6. The van der Waals surface area contributed by atoms with E-state index in [1.165, 1.54) is 0 Å². The normalized spacial score (nSPS) is 29.5. The summed E-state index contributed by atoms with van der Waals surface area (Å²) in [5.41, 5.74) is 0. The van der Waals surface area contributed by atoms with Crippen molar-refractivity contribution in [3.63, 3.8) is 0 Å². The minimum absolute atomic E-state index is 0.259. The molecule has 5 nitrogen and oxygen atoms in total. The smallest absolute Gasteiger partial charge is 0.303 e. The molecule has 0 aromatic carbocycles. The first-order valence-corrected chi connectivity index (χ1v) is 7.29. The second-order valence-corrected chi connectivity index (χ2v) is 5.83. The van der Waals surface area contributed by atoms with Crippen LogP contribution in [0.3, 0.4) is 0 Å². The molecule has 0 radical (unpaired) electrons. The van der Waals surface area contributed by atoms with E-state index in [2.05, 4.69) is 10.2 Å². The van der Waals surface area contributed by atoms with Crippen LogP contribution < -0.4 is 5.32 Å². The van der Waals surface area contributed by atoms with Crippen molar-refractivity contribution < 1.29 is 14.7 Å². The lowest BCUT2D eigenvalue weighted by atomic mass is 9.88. The summed E-state index contributed by atoms with van der Waals surface area (Å²) in [6.45, 7) is 0.872. The lowest BCUT2D eigenvalue weighted by molar-refractivity contribution is -0.140. The van der Waals surface area contributed by atoms with E-state index < -0.39 is 5.97 Å². The standard InChI is InChI=1S/C14H24N2O3/c1-15-6-2-3-13(17)16-11-4-5-12(16)8-10(7-11)9-14(18)19/h10-12,15H,2-9H2,1H3,(H,18,19). The lowest BCUT2D eigenvalue weighted by Gasteiger charge is -2.38. The topological polar surface area (TPSA) is 69.6 Å². The van der Waals surface area contributed by atoms with Gasteiger partial charge in [0.2, 0.25) is 5.91 Å². The minimum Gasteiger partial charge on any atom is -0.481 e. The van der Waals surface area contributed by atoms with Crippen LogP contribution in [0, 0.1) is 5.92 Å². The van der Waals surface area contributed by atoms with Gasteiger partial charge in [0.05, 0.1) is 0 Å². The molecule has 0 aromatic rings. The first-order chi connectivity index (χ1) is 9.11. The summed E-state index contributed by atoms with van der Waals surface area (Å²) in [6.07, 6.45) is 5.61. The van der Waals surface area contributed by atoms with Gasteiger partial charge in [-0.3, -0.25) is 9.59 Å². The van der Waals surface area contributed by atoms with Crippen molar-refractivity contribution in [3.05, 3.63) is 0 Å². The van der Waals surface area contributed by atoms with E-state index in [9.17, 15) is 9.59 Å². The van der Waals surface area contributed by atoms with Crippen molar-refractivity contribution in [2.45, 2.75) is 57.0 Å². The first kappa shape index (κ1) is 14.3. The van der Waals surface area contributed by atoms with Crippen LogP contribution in [0.1, 0.15) is 44.9 Å². The number of aliphatic carboxylic acids is 1. The maximum absolute atomic E-state index is 12.2. The van der Waals surface area contributed by atoms with Crippen molar-refractivity contribution in [1.29, 1.82) is 0 Å². The summed E-state index contributed by atoms with van der Waals surface area (Å²) in [5, 5.41) is 11.9. The Labute approximate surface area is 114 Å². The van der Waals surface area contributed by atoms with Gasteiger partial charge in [0.15, 0.2) is 0 Å². The fraction of sp³-hybridized carbons (Fsp3) is 0.857. The highest BCUT2D eigenvalue weighted by atomic mass is 16.4. The Hall–Kier alpha value is -1.10. The fourth-order valence-electron chi connectivity index (χ4n) is 3.66. The number of rotatable bonds is 6. The molecule has 2 N–H and O–H groups in total. The predicted octanol–water partition coefficient (Wildman–Crippen LogP) is 1.23. The fourth-order valence-corrected chi connectivity index (χ4v) is 3.66. The van der Waals surface area contributed by atoms with Gasteiger partial charge in [-0.15, -0.1) is 0 Å². The van der Waals surface area contributed by atoms with E-state index in [-0.39, 0.29) is 18.2 Å². The van der Waals surface area contributed by atoms with E-state index in [0.717, 1.165) is 38.6 Å². The molecule has 1 amide bonds. The van der Waals surface area contributed by atoms with E-state index >= 15 is 0 Å². The van der Waals surface area contributed by atoms with E-state index in [1.54, 1.807) is 0 Å². The number of hydrogen-bond acceptors (Lipinski definition) is 3. The number of carbonyl (C=O) groups is 2. The van der Waals surface area contributed by atoms with Gasteiger partial charge in [0, 0.05) is 24.9 Å². The van der Waals surface area contributed by atoms with E-state index in [1.807, 2.05) is 7.05 Å². The number of nitrogens with one attached hydrogen (secondary N) is 1. The molecule has 19 heavy (non-hydrogen) atoms. The van der Waals surface area contributed by atoms with Crippen LogP contribution in [0.4, 0.5) is 0 Å².